The monoisotopic (exact) mass is 321 g/mol. The molecule has 4 aliphatic rings. The van der Waals surface area contributed by atoms with E-state index in [9.17, 15) is 9.59 Å². The summed E-state index contributed by atoms with van der Waals surface area (Å²) in [5.74, 6) is 2.00. The molecule has 6 atom stereocenters. The molecule has 5 rings (SSSR count). The highest BCUT2D eigenvalue weighted by Crippen LogP contribution is 2.71. The Bertz CT molecular complexity index is 651. The maximum absolute atomic E-state index is 12.8. The number of fused-ring (bicyclic) bond motifs is 8. The van der Waals surface area contributed by atoms with Crippen molar-refractivity contribution < 1.29 is 9.59 Å². The standard InChI is InChI=1S/C16H13Cl2NO2/c17-6-1-7(18)3-8(2-6)19-15(20)13-11-5-12(10-4-9(10)11)14(13)16(19)21/h1-3,9-14H,4-5H2/t9-,10+,11?,12?,13+,14-. The van der Waals surface area contributed by atoms with Gasteiger partial charge in [0.05, 0.1) is 17.5 Å². The second kappa shape index (κ2) is 3.82. The lowest BCUT2D eigenvalue weighted by Gasteiger charge is -2.18. The Morgan fingerprint density at radius 1 is 0.810 bits per heavy atom. The minimum Gasteiger partial charge on any atom is -0.274 e. The molecule has 5 heteroatoms. The van der Waals surface area contributed by atoms with E-state index in [1.165, 1.54) is 11.3 Å². The van der Waals surface area contributed by atoms with Gasteiger partial charge in [0.1, 0.15) is 0 Å². The Labute approximate surface area is 132 Å². The molecule has 4 fully saturated rings. The fourth-order valence-corrected chi connectivity index (χ4v) is 5.76. The van der Waals surface area contributed by atoms with E-state index >= 15 is 0 Å². The summed E-state index contributed by atoms with van der Waals surface area (Å²) in [5.41, 5.74) is 0.518. The van der Waals surface area contributed by atoms with Gasteiger partial charge in [-0.2, -0.15) is 0 Å². The fourth-order valence-electron chi connectivity index (χ4n) is 5.25. The van der Waals surface area contributed by atoms with Crippen LogP contribution in [0.25, 0.3) is 0 Å². The highest BCUT2D eigenvalue weighted by Gasteiger charge is 2.71. The van der Waals surface area contributed by atoms with Gasteiger partial charge < -0.3 is 0 Å². The second-order valence-electron chi connectivity index (χ2n) is 6.82. The molecule has 2 amide bonds. The first-order chi connectivity index (χ1) is 10.1. The van der Waals surface area contributed by atoms with Gasteiger partial charge >= 0.3 is 0 Å². The van der Waals surface area contributed by atoms with Crippen LogP contribution in [0.2, 0.25) is 10.0 Å². The van der Waals surface area contributed by atoms with Gasteiger partial charge in [-0.1, -0.05) is 23.2 Å². The zero-order valence-corrected chi connectivity index (χ0v) is 12.6. The summed E-state index contributed by atoms with van der Waals surface area (Å²) in [4.78, 5) is 26.9. The average molecular weight is 322 g/mol. The first kappa shape index (κ1) is 12.5. The molecule has 1 aliphatic heterocycles. The van der Waals surface area contributed by atoms with Gasteiger partial charge in [0.25, 0.3) is 0 Å². The molecule has 3 nitrogen and oxygen atoms in total. The molecule has 0 spiro atoms. The van der Waals surface area contributed by atoms with E-state index in [0.717, 1.165) is 6.42 Å². The molecule has 2 unspecified atom stereocenters. The number of benzene rings is 1. The smallest absolute Gasteiger partial charge is 0.237 e. The van der Waals surface area contributed by atoms with E-state index in [-0.39, 0.29) is 23.7 Å². The van der Waals surface area contributed by atoms with Crippen LogP contribution in [0, 0.1) is 35.5 Å². The minimum absolute atomic E-state index is 0.0406. The highest BCUT2D eigenvalue weighted by atomic mass is 35.5. The van der Waals surface area contributed by atoms with Crippen molar-refractivity contribution in [3.05, 3.63) is 28.2 Å². The van der Waals surface area contributed by atoms with Crippen molar-refractivity contribution >= 4 is 40.7 Å². The lowest BCUT2D eigenvalue weighted by Crippen LogP contribution is -2.33. The van der Waals surface area contributed by atoms with Crippen LogP contribution < -0.4 is 4.90 Å². The Morgan fingerprint density at radius 2 is 1.29 bits per heavy atom. The average Bonchev–Trinajstić information content (AvgIpc) is 2.92. The Balaban J connectivity index is 1.58. The third-order valence-electron chi connectivity index (χ3n) is 5.96. The number of amides is 2. The quantitative estimate of drug-likeness (QED) is 0.743. The van der Waals surface area contributed by atoms with Gasteiger partial charge in [0.2, 0.25) is 11.8 Å². The molecule has 1 heterocycles. The maximum atomic E-state index is 12.8. The van der Waals surface area contributed by atoms with Gasteiger partial charge in [-0.15, -0.1) is 0 Å². The molecule has 0 N–H and O–H groups in total. The fraction of sp³-hybridized carbons (Fsp3) is 0.500. The predicted octanol–water partition coefficient (Wildman–Crippen LogP) is 3.38. The number of carbonyl (C=O) groups is 2. The Hall–Kier alpha value is -1.06. The highest BCUT2D eigenvalue weighted by molar-refractivity contribution is 6.35. The summed E-state index contributed by atoms with van der Waals surface area (Å²) in [6, 6.07) is 4.90. The number of rotatable bonds is 1. The summed E-state index contributed by atoms with van der Waals surface area (Å²) in [6.45, 7) is 0. The summed E-state index contributed by atoms with van der Waals surface area (Å²) < 4.78 is 0. The summed E-state index contributed by atoms with van der Waals surface area (Å²) in [5, 5.41) is 0.891. The normalized spacial score (nSPS) is 42.5. The van der Waals surface area contributed by atoms with E-state index in [1.54, 1.807) is 18.2 Å². The van der Waals surface area contributed by atoms with E-state index in [2.05, 4.69) is 0 Å². The molecule has 21 heavy (non-hydrogen) atoms. The van der Waals surface area contributed by atoms with Crippen LogP contribution in [0.4, 0.5) is 5.69 Å². The topological polar surface area (TPSA) is 37.4 Å². The largest absolute Gasteiger partial charge is 0.274 e. The lowest BCUT2D eigenvalue weighted by atomic mass is 9.81. The van der Waals surface area contributed by atoms with Crippen molar-refractivity contribution in [2.75, 3.05) is 4.90 Å². The maximum Gasteiger partial charge on any atom is 0.237 e. The van der Waals surface area contributed by atoms with Crippen LogP contribution in [0.1, 0.15) is 12.8 Å². The molecule has 0 radical (unpaired) electrons. The molecule has 1 aromatic rings. The number of halogens is 2. The molecule has 2 bridgehead atoms. The lowest BCUT2D eigenvalue weighted by molar-refractivity contribution is -0.123. The van der Waals surface area contributed by atoms with Crippen molar-refractivity contribution in [1.82, 2.24) is 0 Å². The Kier molecular flexibility index (Phi) is 2.27. The van der Waals surface area contributed by atoms with E-state index in [4.69, 9.17) is 23.2 Å². The molecule has 3 saturated carbocycles. The SMILES string of the molecule is O=C1[C@@H]2C3CC([C@@H]4C[C@H]34)[C@@H]2C(=O)N1c1cc(Cl)cc(Cl)c1. The number of carbonyl (C=O) groups excluding carboxylic acids is 2. The van der Waals surface area contributed by atoms with E-state index in [1.807, 2.05) is 0 Å². The van der Waals surface area contributed by atoms with Crippen molar-refractivity contribution in [3.63, 3.8) is 0 Å². The number of nitrogens with zero attached hydrogens (tertiary/aromatic N) is 1. The van der Waals surface area contributed by atoms with Crippen molar-refractivity contribution in [3.8, 4) is 0 Å². The molecule has 108 valence electrons. The zero-order valence-electron chi connectivity index (χ0n) is 11.1. The summed E-state index contributed by atoms with van der Waals surface area (Å²) in [7, 11) is 0. The van der Waals surface area contributed by atoms with Crippen molar-refractivity contribution in [2.24, 2.45) is 35.5 Å². The molecule has 1 aromatic carbocycles. The minimum atomic E-state index is -0.0935. The summed E-state index contributed by atoms with van der Waals surface area (Å²) in [6.07, 6.45) is 2.30. The van der Waals surface area contributed by atoms with Crippen LogP contribution in [-0.4, -0.2) is 11.8 Å². The van der Waals surface area contributed by atoms with Crippen LogP contribution in [-0.2, 0) is 9.59 Å². The number of imide groups is 1. The zero-order chi connectivity index (χ0) is 14.5. The summed E-state index contributed by atoms with van der Waals surface area (Å²) >= 11 is 12.0. The van der Waals surface area contributed by atoms with Gasteiger partial charge in [0, 0.05) is 10.0 Å². The van der Waals surface area contributed by atoms with Gasteiger partial charge in [0.15, 0.2) is 0 Å². The first-order valence-electron chi connectivity index (χ1n) is 7.40. The van der Waals surface area contributed by atoms with Crippen molar-refractivity contribution in [1.29, 1.82) is 0 Å². The van der Waals surface area contributed by atoms with Gasteiger partial charge in [-0.3, -0.25) is 9.59 Å². The third kappa shape index (κ3) is 1.46. The number of anilines is 1. The number of hydrogen-bond acceptors (Lipinski definition) is 2. The third-order valence-corrected chi connectivity index (χ3v) is 6.40. The van der Waals surface area contributed by atoms with Gasteiger partial charge in [-0.05, 0) is 54.7 Å². The number of hydrogen-bond donors (Lipinski definition) is 0. The van der Waals surface area contributed by atoms with Crippen molar-refractivity contribution in [2.45, 2.75) is 12.8 Å². The van der Waals surface area contributed by atoms with E-state index < -0.39 is 0 Å². The molecule has 1 saturated heterocycles. The molecule has 3 aliphatic carbocycles. The molecular weight excluding hydrogens is 309 g/mol. The van der Waals surface area contributed by atoms with Crippen LogP contribution in [0.15, 0.2) is 18.2 Å². The first-order valence-corrected chi connectivity index (χ1v) is 8.16. The van der Waals surface area contributed by atoms with Gasteiger partial charge in [-0.25, -0.2) is 4.90 Å². The predicted molar refractivity (Wildman–Crippen MR) is 79.1 cm³/mol. The van der Waals surface area contributed by atoms with Crippen LogP contribution >= 0.6 is 23.2 Å². The molecule has 0 aromatic heterocycles. The second-order valence-corrected chi connectivity index (χ2v) is 7.69. The van der Waals surface area contributed by atoms with Crippen LogP contribution in [0.3, 0.4) is 0 Å². The Morgan fingerprint density at radius 3 is 1.81 bits per heavy atom. The molecular formula is C16H13Cl2NO2. The van der Waals surface area contributed by atoms with Crippen LogP contribution in [0.5, 0.6) is 0 Å². The van der Waals surface area contributed by atoms with E-state index in [0.29, 0.717) is 39.4 Å².